The van der Waals surface area contributed by atoms with E-state index < -0.39 is 0 Å². The minimum Gasteiger partial charge on any atom is -0.307 e. The van der Waals surface area contributed by atoms with Gasteiger partial charge >= 0.3 is 0 Å². The van der Waals surface area contributed by atoms with Gasteiger partial charge in [0.2, 0.25) is 0 Å². The molecule has 1 unspecified atom stereocenters. The molecule has 1 aromatic carbocycles. The first-order valence-electron chi connectivity index (χ1n) is 6.51. The molecule has 1 nitrogen and oxygen atoms in total. The van der Waals surface area contributed by atoms with Crippen LogP contribution in [0.4, 0.5) is 0 Å². The monoisotopic (exact) mass is 217 g/mol. The van der Waals surface area contributed by atoms with Gasteiger partial charge in [0.05, 0.1) is 0 Å². The maximum Gasteiger partial charge on any atom is 0.0320 e. The van der Waals surface area contributed by atoms with Gasteiger partial charge in [-0.3, -0.25) is 0 Å². The van der Waals surface area contributed by atoms with E-state index in [1.165, 1.54) is 30.4 Å². The Balaban J connectivity index is 1.96. The minimum atomic E-state index is 0.540. The lowest BCUT2D eigenvalue weighted by Crippen LogP contribution is -2.41. The Morgan fingerprint density at radius 2 is 1.88 bits per heavy atom. The van der Waals surface area contributed by atoms with E-state index in [1.54, 1.807) is 0 Å². The van der Waals surface area contributed by atoms with Crippen molar-refractivity contribution in [2.45, 2.75) is 52.1 Å². The van der Waals surface area contributed by atoms with E-state index in [2.05, 4.69) is 50.4 Å². The van der Waals surface area contributed by atoms with E-state index in [-0.39, 0.29) is 0 Å². The molecule has 1 aromatic rings. The van der Waals surface area contributed by atoms with Crippen molar-refractivity contribution in [1.82, 2.24) is 5.32 Å². The molecule has 0 aliphatic heterocycles. The maximum absolute atomic E-state index is 3.77. The molecule has 88 valence electrons. The van der Waals surface area contributed by atoms with Crippen molar-refractivity contribution < 1.29 is 0 Å². The highest BCUT2D eigenvalue weighted by atomic mass is 15.0. The molecule has 0 bridgehead atoms. The van der Waals surface area contributed by atoms with E-state index in [9.17, 15) is 0 Å². The summed E-state index contributed by atoms with van der Waals surface area (Å²) < 4.78 is 0. The summed E-state index contributed by atoms with van der Waals surface area (Å²) in [5.41, 5.74) is 2.78. The zero-order valence-electron chi connectivity index (χ0n) is 10.7. The first-order chi connectivity index (χ1) is 7.69. The van der Waals surface area contributed by atoms with Crippen molar-refractivity contribution in [2.24, 2.45) is 5.92 Å². The van der Waals surface area contributed by atoms with Crippen LogP contribution in [-0.2, 0) is 0 Å². The fourth-order valence-corrected chi connectivity index (χ4v) is 2.57. The van der Waals surface area contributed by atoms with Crippen molar-refractivity contribution in [2.75, 3.05) is 0 Å². The SMILES string of the molecule is CCC(NC1CC(C)C1)c1ccc(C)cc1. The molecular weight excluding hydrogens is 194 g/mol. The van der Waals surface area contributed by atoms with E-state index in [0.29, 0.717) is 6.04 Å². The summed E-state index contributed by atoms with van der Waals surface area (Å²) in [5, 5.41) is 3.77. The fourth-order valence-electron chi connectivity index (χ4n) is 2.57. The number of nitrogens with one attached hydrogen (secondary N) is 1. The summed E-state index contributed by atoms with van der Waals surface area (Å²) in [6.45, 7) is 6.75. The number of aryl methyl sites for hydroxylation is 1. The minimum absolute atomic E-state index is 0.540. The number of benzene rings is 1. The summed E-state index contributed by atoms with van der Waals surface area (Å²) in [6, 6.07) is 10.2. The molecule has 1 saturated carbocycles. The van der Waals surface area contributed by atoms with E-state index in [4.69, 9.17) is 0 Å². The zero-order valence-corrected chi connectivity index (χ0v) is 10.7. The Hall–Kier alpha value is -0.820. The molecule has 0 spiro atoms. The Labute approximate surface area is 99.3 Å². The van der Waals surface area contributed by atoms with Gasteiger partial charge in [-0.1, -0.05) is 43.7 Å². The topological polar surface area (TPSA) is 12.0 Å². The molecule has 0 aromatic heterocycles. The lowest BCUT2D eigenvalue weighted by atomic mass is 9.81. The van der Waals surface area contributed by atoms with Crippen LogP contribution in [0.5, 0.6) is 0 Å². The third-order valence-electron chi connectivity index (χ3n) is 3.70. The second-order valence-electron chi connectivity index (χ2n) is 5.31. The number of hydrogen-bond acceptors (Lipinski definition) is 1. The van der Waals surface area contributed by atoms with Crippen molar-refractivity contribution in [3.05, 3.63) is 35.4 Å². The molecule has 1 N–H and O–H groups in total. The van der Waals surface area contributed by atoms with Gasteiger partial charge in [-0.05, 0) is 37.7 Å². The second kappa shape index (κ2) is 5.01. The third kappa shape index (κ3) is 2.65. The molecule has 16 heavy (non-hydrogen) atoms. The first-order valence-corrected chi connectivity index (χ1v) is 6.51. The average molecular weight is 217 g/mol. The van der Waals surface area contributed by atoms with Gasteiger partial charge in [0.25, 0.3) is 0 Å². The Kier molecular flexibility index (Phi) is 3.65. The fraction of sp³-hybridized carbons (Fsp3) is 0.600. The van der Waals surface area contributed by atoms with Crippen LogP contribution in [0, 0.1) is 12.8 Å². The molecule has 1 heteroatoms. The van der Waals surface area contributed by atoms with Gasteiger partial charge in [-0.25, -0.2) is 0 Å². The van der Waals surface area contributed by atoms with Crippen LogP contribution in [0.1, 0.15) is 50.3 Å². The molecule has 0 heterocycles. The average Bonchev–Trinajstić information content (AvgIpc) is 2.24. The summed E-state index contributed by atoms with van der Waals surface area (Å²) in [4.78, 5) is 0. The molecule has 0 amide bonds. The van der Waals surface area contributed by atoms with E-state index in [0.717, 1.165) is 12.0 Å². The molecule has 0 saturated heterocycles. The van der Waals surface area contributed by atoms with Gasteiger partial charge in [-0.2, -0.15) is 0 Å². The van der Waals surface area contributed by atoms with Crippen LogP contribution in [0.15, 0.2) is 24.3 Å². The summed E-state index contributed by atoms with van der Waals surface area (Å²) in [5.74, 6) is 0.924. The standard InChI is InChI=1S/C15H23N/c1-4-15(16-14-9-12(3)10-14)13-7-5-11(2)6-8-13/h5-8,12,14-16H,4,9-10H2,1-3H3. The van der Waals surface area contributed by atoms with Crippen molar-refractivity contribution >= 4 is 0 Å². The van der Waals surface area contributed by atoms with Crippen LogP contribution in [0.25, 0.3) is 0 Å². The van der Waals surface area contributed by atoms with Gasteiger partial charge in [0, 0.05) is 12.1 Å². The van der Waals surface area contributed by atoms with Crippen LogP contribution >= 0.6 is 0 Å². The van der Waals surface area contributed by atoms with Crippen molar-refractivity contribution in [1.29, 1.82) is 0 Å². The van der Waals surface area contributed by atoms with Gasteiger partial charge < -0.3 is 5.32 Å². The predicted octanol–water partition coefficient (Wildman–Crippen LogP) is 3.83. The highest BCUT2D eigenvalue weighted by Gasteiger charge is 2.27. The molecule has 2 rings (SSSR count). The molecule has 1 fully saturated rings. The highest BCUT2D eigenvalue weighted by molar-refractivity contribution is 5.24. The number of hydrogen-bond donors (Lipinski definition) is 1. The predicted molar refractivity (Wildman–Crippen MR) is 69.5 cm³/mol. The van der Waals surface area contributed by atoms with E-state index in [1.807, 2.05) is 0 Å². The molecule has 0 radical (unpaired) electrons. The highest BCUT2D eigenvalue weighted by Crippen LogP contribution is 2.29. The van der Waals surface area contributed by atoms with Crippen LogP contribution in [0.2, 0.25) is 0 Å². The summed E-state index contributed by atoms with van der Waals surface area (Å²) >= 11 is 0. The van der Waals surface area contributed by atoms with Crippen molar-refractivity contribution in [3.63, 3.8) is 0 Å². The van der Waals surface area contributed by atoms with Crippen LogP contribution in [-0.4, -0.2) is 6.04 Å². The third-order valence-corrected chi connectivity index (χ3v) is 3.70. The lowest BCUT2D eigenvalue weighted by Gasteiger charge is -2.36. The number of rotatable bonds is 4. The molecule has 1 aliphatic carbocycles. The maximum atomic E-state index is 3.77. The Bertz CT molecular complexity index is 322. The Morgan fingerprint density at radius 1 is 1.25 bits per heavy atom. The summed E-state index contributed by atoms with van der Waals surface area (Å²) in [6.07, 6.45) is 3.87. The molecule has 1 aliphatic rings. The summed E-state index contributed by atoms with van der Waals surface area (Å²) in [7, 11) is 0. The zero-order chi connectivity index (χ0) is 11.5. The van der Waals surface area contributed by atoms with Gasteiger partial charge in [-0.15, -0.1) is 0 Å². The van der Waals surface area contributed by atoms with Crippen molar-refractivity contribution in [3.8, 4) is 0 Å². The molecular formula is C15H23N. The smallest absolute Gasteiger partial charge is 0.0320 e. The first kappa shape index (κ1) is 11.7. The lowest BCUT2D eigenvalue weighted by molar-refractivity contribution is 0.220. The normalized spacial score (nSPS) is 26.2. The Morgan fingerprint density at radius 3 is 2.38 bits per heavy atom. The van der Waals surface area contributed by atoms with Gasteiger partial charge in [0.15, 0.2) is 0 Å². The van der Waals surface area contributed by atoms with Crippen LogP contribution < -0.4 is 5.32 Å². The van der Waals surface area contributed by atoms with E-state index >= 15 is 0 Å². The van der Waals surface area contributed by atoms with Crippen LogP contribution in [0.3, 0.4) is 0 Å². The van der Waals surface area contributed by atoms with Gasteiger partial charge in [0.1, 0.15) is 0 Å². The second-order valence-corrected chi connectivity index (χ2v) is 5.31. The largest absolute Gasteiger partial charge is 0.307 e. The quantitative estimate of drug-likeness (QED) is 0.808. The molecule has 1 atom stereocenters.